The number of rotatable bonds is 4. The summed E-state index contributed by atoms with van der Waals surface area (Å²) >= 11 is 0. The summed E-state index contributed by atoms with van der Waals surface area (Å²) in [7, 11) is 6.09. The average molecular weight is 408 g/mol. The molecule has 1 aromatic rings. The molecule has 0 spiro atoms. The smallest absolute Gasteiger partial charge is 0.338 e. The second-order valence-electron chi connectivity index (χ2n) is 10.2. The standard InChI is InChI=1S/C25H37BN2O2/c26-21-9-5-18(6-10-21)16-1-3-17(4-2-16)19-7-11-24(12-8-19)30-25(29)20-13-22(27)15-23(28)14-20/h13-19,21,24H,1-12,27-28H2. The number of hydrogen-bond acceptors (Lipinski definition) is 4. The van der Waals surface area contributed by atoms with Crippen LogP contribution in [0.3, 0.4) is 0 Å². The third kappa shape index (κ3) is 5.33. The van der Waals surface area contributed by atoms with E-state index in [1.165, 1.54) is 64.2 Å². The summed E-state index contributed by atoms with van der Waals surface area (Å²) in [5, 5.41) is 0. The van der Waals surface area contributed by atoms with Gasteiger partial charge in [0.1, 0.15) is 6.10 Å². The van der Waals surface area contributed by atoms with Gasteiger partial charge in [0, 0.05) is 11.4 Å². The van der Waals surface area contributed by atoms with Crippen LogP contribution in [0, 0.1) is 23.7 Å². The zero-order chi connectivity index (χ0) is 21.1. The normalized spacial score (nSPS) is 34.9. The summed E-state index contributed by atoms with van der Waals surface area (Å²) in [5.41, 5.74) is 13.1. The third-order valence-electron chi connectivity index (χ3n) is 8.17. The van der Waals surface area contributed by atoms with Crippen LogP contribution in [0.4, 0.5) is 11.4 Å². The topological polar surface area (TPSA) is 78.3 Å². The first-order valence-corrected chi connectivity index (χ1v) is 12.1. The second-order valence-corrected chi connectivity index (χ2v) is 10.2. The molecule has 30 heavy (non-hydrogen) atoms. The quantitative estimate of drug-likeness (QED) is 0.391. The van der Waals surface area contributed by atoms with Gasteiger partial charge in [-0.2, -0.15) is 0 Å². The molecule has 0 amide bonds. The zero-order valence-electron chi connectivity index (χ0n) is 18.2. The van der Waals surface area contributed by atoms with Gasteiger partial charge in [0.2, 0.25) is 0 Å². The lowest BCUT2D eigenvalue weighted by Gasteiger charge is -2.41. The molecule has 3 aliphatic rings. The molecule has 1 aromatic carbocycles. The lowest BCUT2D eigenvalue weighted by molar-refractivity contribution is 0.0101. The van der Waals surface area contributed by atoms with Gasteiger partial charge in [-0.15, -0.1) is 0 Å². The number of benzene rings is 1. The summed E-state index contributed by atoms with van der Waals surface area (Å²) < 4.78 is 5.77. The van der Waals surface area contributed by atoms with Gasteiger partial charge in [0.05, 0.1) is 13.4 Å². The SMILES string of the molecule is [B]C1CCC(C2CCC(C3CCC(OC(=O)c4cc(N)cc(N)c4)CC3)CC2)CC1. The van der Waals surface area contributed by atoms with E-state index in [1.807, 2.05) is 0 Å². The largest absolute Gasteiger partial charge is 0.459 e. The molecule has 0 aliphatic heterocycles. The molecule has 4 rings (SSSR count). The fourth-order valence-electron chi connectivity index (χ4n) is 6.40. The predicted molar refractivity (Wildman–Crippen MR) is 123 cm³/mol. The maximum atomic E-state index is 12.5. The maximum absolute atomic E-state index is 12.5. The van der Waals surface area contributed by atoms with Gasteiger partial charge in [-0.3, -0.25) is 0 Å². The highest BCUT2D eigenvalue weighted by atomic mass is 16.5. The van der Waals surface area contributed by atoms with Crippen molar-refractivity contribution in [1.82, 2.24) is 0 Å². The summed E-state index contributed by atoms with van der Waals surface area (Å²) in [6.45, 7) is 0. The molecule has 3 aliphatic carbocycles. The van der Waals surface area contributed by atoms with Gasteiger partial charge in [0.25, 0.3) is 0 Å². The first-order valence-electron chi connectivity index (χ1n) is 12.1. The van der Waals surface area contributed by atoms with E-state index in [-0.39, 0.29) is 12.1 Å². The lowest BCUT2D eigenvalue weighted by atomic mass is 9.63. The number of carbonyl (C=O) groups is 1. The van der Waals surface area contributed by atoms with Crippen molar-refractivity contribution in [3.05, 3.63) is 23.8 Å². The van der Waals surface area contributed by atoms with Crippen LogP contribution in [0.15, 0.2) is 18.2 Å². The molecule has 2 radical (unpaired) electrons. The van der Waals surface area contributed by atoms with Crippen molar-refractivity contribution in [2.24, 2.45) is 23.7 Å². The Balaban J connectivity index is 1.20. The van der Waals surface area contributed by atoms with Crippen LogP contribution in [-0.4, -0.2) is 19.9 Å². The van der Waals surface area contributed by atoms with E-state index in [1.54, 1.807) is 18.2 Å². The molecule has 162 valence electrons. The van der Waals surface area contributed by atoms with Crippen molar-refractivity contribution in [2.75, 3.05) is 11.5 Å². The number of anilines is 2. The molecule has 0 heterocycles. The van der Waals surface area contributed by atoms with Gasteiger partial charge < -0.3 is 16.2 Å². The fraction of sp³-hybridized carbons (Fsp3) is 0.720. The van der Waals surface area contributed by atoms with Gasteiger partial charge in [-0.05, 0) is 93.2 Å². The Kier molecular flexibility index (Phi) is 6.95. The van der Waals surface area contributed by atoms with Crippen molar-refractivity contribution in [2.45, 2.75) is 89.0 Å². The van der Waals surface area contributed by atoms with Crippen molar-refractivity contribution in [3.63, 3.8) is 0 Å². The Morgan fingerprint density at radius 2 is 1.10 bits per heavy atom. The van der Waals surface area contributed by atoms with Crippen LogP contribution in [0.2, 0.25) is 5.82 Å². The number of nitrogen functional groups attached to an aromatic ring is 2. The van der Waals surface area contributed by atoms with Crippen LogP contribution < -0.4 is 11.5 Å². The van der Waals surface area contributed by atoms with Crippen molar-refractivity contribution in [3.8, 4) is 0 Å². The third-order valence-corrected chi connectivity index (χ3v) is 8.17. The molecule has 0 bridgehead atoms. The minimum Gasteiger partial charge on any atom is -0.459 e. The van der Waals surface area contributed by atoms with E-state index in [4.69, 9.17) is 24.1 Å². The first kappa shape index (κ1) is 21.6. The van der Waals surface area contributed by atoms with Crippen LogP contribution >= 0.6 is 0 Å². The zero-order valence-corrected chi connectivity index (χ0v) is 18.2. The van der Waals surface area contributed by atoms with Crippen molar-refractivity contribution >= 4 is 25.2 Å². The minimum atomic E-state index is -0.301. The van der Waals surface area contributed by atoms with Crippen molar-refractivity contribution < 1.29 is 9.53 Å². The number of ether oxygens (including phenoxy) is 1. The fourth-order valence-corrected chi connectivity index (χ4v) is 6.40. The van der Waals surface area contributed by atoms with Crippen LogP contribution in [-0.2, 0) is 4.74 Å². The Labute approximate surface area is 182 Å². The van der Waals surface area contributed by atoms with E-state index >= 15 is 0 Å². The Morgan fingerprint density at radius 1 is 0.700 bits per heavy atom. The highest BCUT2D eigenvalue weighted by Crippen LogP contribution is 2.45. The molecule has 3 saturated carbocycles. The molecule has 4 N–H and O–H groups in total. The molecule has 0 unspecified atom stereocenters. The summed E-state index contributed by atoms with van der Waals surface area (Å²) in [5.74, 6) is 3.71. The van der Waals surface area contributed by atoms with Gasteiger partial charge in [0.15, 0.2) is 0 Å². The van der Waals surface area contributed by atoms with Gasteiger partial charge >= 0.3 is 5.97 Å². The first-order chi connectivity index (χ1) is 14.5. The van der Waals surface area contributed by atoms with Crippen LogP contribution in [0.1, 0.15) is 87.4 Å². The van der Waals surface area contributed by atoms with E-state index in [0.717, 1.165) is 36.5 Å². The predicted octanol–water partition coefficient (Wildman–Crippen LogP) is 5.52. The molecule has 3 fully saturated rings. The molecule has 0 saturated heterocycles. The summed E-state index contributed by atoms with van der Waals surface area (Å²) in [6.07, 6.45) is 15.1. The van der Waals surface area contributed by atoms with Crippen LogP contribution in [0.25, 0.3) is 0 Å². The van der Waals surface area contributed by atoms with E-state index in [0.29, 0.717) is 22.8 Å². The Hall–Kier alpha value is -1.65. The van der Waals surface area contributed by atoms with E-state index in [9.17, 15) is 4.79 Å². The second kappa shape index (κ2) is 9.66. The molecule has 0 atom stereocenters. The average Bonchev–Trinajstić information content (AvgIpc) is 2.74. The molecular formula is C25H37BN2O2. The molecule has 5 heteroatoms. The van der Waals surface area contributed by atoms with E-state index < -0.39 is 0 Å². The lowest BCUT2D eigenvalue weighted by Crippen LogP contribution is -2.31. The van der Waals surface area contributed by atoms with Crippen LogP contribution in [0.5, 0.6) is 0 Å². The molecule has 4 nitrogen and oxygen atoms in total. The highest BCUT2D eigenvalue weighted by molar-refractivity contribution is 6.11. The highest BCUT2D eigenvalue weighted by Gasteiger charge is 2.34. The number of esters is 1. The molecule has 0 aromatic heterocycles. The summed E-state index contributed by atoms with van der Waals surface area (Å²) in [6, 6.07) is 4.94. The Bertz CT molecular complexity index is 696. The van der Waals surface area contributed by atoms with Gasteiger partial charge in [-0.25, -0.2) is 4.79 Å². The monoisotopic (exact) mass is 408 g/mol. The number of carbonyl (C=O) groups excluding carboxylic acids is 1. The number of hydrogen-bond donors (Lipinski definition) is 2. The number of nitrogens with two attached hydrogens (primary N) is 2. The Morgan fingerprint density at radius 3 is 1.57 bits per heavy atom. The van der Waals surface area contributed by atoms with Gasteiger partial charge in [-0.1, -0.05) is 31.5 Å². The maximum Gasteiger partial charge on any atom is 0.338 e. The van der Waals surface area contributed by atoms with Crippen molar-refractivity contribution in [1.29, 1.82) is 0 Å². The van der Waals surface area contributed by atoms with E-state index in [2.05, 4.69) is 0 Å². The summed E-state index contributed by atoms with van der Waals surface area (Å²) in [4.78, 5) is 12.5. The minimum absolute atomic E-state index is 0.0270. The molecular weight excluding hydrogens is 371 g/mol.